The number of nitrogens with zero attached hydrogens (tertiary/aromatic N) is 3. The number of rotatable bonds is 6. The molecule has 0 aliphatic heterocycles. The van der Waals surface area contributed by atoms with Crippen molar-refractivity contribution in [1.29, 1.82) is 0 Å². The molecule has 0 bridgehead atoms. The molecule has 1 unspecified atom stereocenters. The van der Waals surface area contributed by atoms with Gasteiger partial charge in [-0.2, -0.15) is 5.10 Å². The van der Waals surface area contributed by atoms with Gasteiger partial charge in [-0.15, -0.1) is 0 Å². The van der Waals surface area contributed by atoms with Crippen molar-refractivity contribution in [3.05, 3.63) is 42.1 Å². The SMILES string of the molecule is CC1CCCCC1.CCCC(C)N(C)c1ccc2nc(Nc3ccc4c(C)[nH]nc4c3)[nH]c2c1.O=CO.O=CO. The Morgan fingerprint density at radius 1 is 1.07 bits per heavy atom. The zero-order valence-corrected chi connectivity index (χ0v) is 24.3. The fraction of sp³-hybridized carbons (Fsp3) is 0.467. The van der Waals surface area contributed by atoms with Crippen LogP contribution in [0.1, 0.15) is 71.4 Å². The van der Waals surface area contributed by atoms with E-state index in [0.717, 1.165) is 45.2 Å². The Morgan fingerprint density at radius 3 is 2.35 bits per heavy atom. The summed E-state index contributed by atoms with van der Waals surface area (Å²) >= 11 is 0. The molecule has 0 saturated heterocycles. The quantitative estimate of drug-likeness (QED) is 0.159. The van der Waals surface area contributed by atoms with Crippen LogP contribution in [0.5, 0.6) is 0 Å². The Morgan fingerprint density at radius 2 is 1.75 bits per heavy atom. The number of aromatic nitrogens is 4. The van der Waals surface area contributed by atoms with Crippen molar-refractivity contribution in [3.8, 4) is 0 Å². The highest BCUT2D eigenvalue weighted by Gasteiger charge is 2.12. The van der Waals surface area contributed by atoms with Gasteiger partial charge in [0.15, 0.2) is 0 Å². The third kappa shape index (κ3) is 9.59. The lowest BCUT2D eigenvalue weighted by Crippen LogP contribution is -2.28. The minimum Gasteiger partial charge on any atom is -0.483 e. The van der Waals surface area contributed by atoms with E-state index in [2.05, 4.69) is 82.5 Å². The van der Waals surface area contributed by atoms with Crippen molar-refractivity contribution in [1.82, 2.24) is 20.2 Å². The minimum absolute atomic E-state index is 0.250. The first-order valence-corrected chi connectivity index (χ1v) is 13.9. The second-order valence-electron chi connectivity index (χ2n) is 10.2. The van der Waals surface area contributed by atoms with E-state index < -0.39 is 0 Å². The lowest BCUT2D eigenvalue weighted by atomic mass is 9.91. The van der Waals surface area contributed by atoms with Gasteiger partial charge in [-0.3, -0.25) is 14.7 Å². The van der Waals surface area contributed by atoms with Crippen LogP contribution in [0.4, 0.5) is 17.3 Å². The van der Waals surface area contributed by atoms with Crippen LogP contribution >= 0.6 is 0 Å². The molecule has 218 valence electrons. The molecule has 1 aliphatic rings. The van der Waals surface area contributed by atoms with Crippen LogP contribution in [0.15, 0.2) is 36.4 Å². The molecule has 2 aromatic heterocycles. The number of hydrogen-bond donors (Lipinski definition) is 5. The number of carbonyl (C=O) groups is 2. The second-order valence-corrected chi connectivity index (χ2v) is 10.2. The predicted octanol–water partition coefficient (Wildman–Crippen LogP) is 7.10. The molecule has 2 heterocycles. The Kier molecular flexibility index (Phi) is 13.5. The van der Waals surface area contributed by atoms with Gasteiger partial charge in [0.1, 0.15) is 0 Å². The molecule has 1 aliphatic carbocycles. The van der Waals surface area contributed by atoms with Gasteiger partial charge in [-0.1, -0.05) is 52.4 Å². The number of nitrogens with one attached hydrogen (secondary N) is 3. The summed E-state index contributed by atoms with van der Waals surface area (Å²) < 4.78 is 0. The number of anilines is 3. The van der Waals surface area contributed by atoms with Gasteiger partial charge in [-0.25, -0.2) is 4.98 Å². The summed E-state index contributed by atoms with van der Waals surface area (Å²) in [7, 11) is 2.15. The summed E-state index contributed by atoms with van der Waals surface area (Å²) in [5.74, 6) is 1.77. The lowest BCUT2D eigenvalue weighted by molar-refractivity contribution is -0.123. The van der Waals surface area contributed by atoms with Crippen LogP contribution in [-0.4, -0.2) is 56.4 Å². The average Bonchev–Trinajstić information content (AvgIpc) is 3.52. The first kappa shape index (κ1) is 32.1. The molecular weight excluding hydrogens is 508 g/mol. The van der Waals surface area contributed by atoms with Gasteiger partial charge in [0, 0.05) is 35.5 Å². The molecule has 10 heteroatoms. The van der Waals surface area contributed by atoms with Gasteiger partial charge in [0.05, 0.1) is 16.6 Å². The third-order valence-corrected chi connectivity index (χ3v) is 7.14. The van der Waals surface area contributed by atoms with Crippen molar-refractivity contribution >= 4 is 52.2 Å². The molecule has 5 rings (SSSR count). The van der Waals surface area contributed by atoms with Crippen molar-refractivity contribution in [2.45, 2.75) is 78.7 Å². The maximum Gasteiger partial charge on any atom is 0.290 e. The van der Waals surface area contributed by atoms with Gasteiger partial charge >= 0.3 is 0 Å². The summed E-state index contributed by atoms with van der Waals surface area (Å²) in [4.78, 5) is 27.1. The number of H-pyrrole nitrogens is 2. The highest BCUT2D eigenvalue weighted by molar-refractivity contribution is 5.86. The number of fused-ring (bicyclic) bond motifs is 2. The monoisotopic (exact) mass is 552 g/mol. The normalized spacial score (nSPS) is 13.5. The van der Waals surface area contributed by atoms with Crippen LogP contribution < -0.4 is 10.2 Å². The molecule has 1 fully saturated rings. The number of carboxylic acid groups (broad SMARTS) is 2. The van der Waals surface area contributed by atoms with Crippen molar-refractivity contribution in [3.63, 3.8) is 0 Å². The maximum atomic E-state index is 8.36. The molecule has 4 aromatic rings. The fourth-order valence-electron chi connectivity index (χ4n) is 4.81. The molecule has 0 spiro atoms. The van der Waals surface area contributed by atoms with Gasteiger partial charge in [0.25, 0.3) is 12.9 Å². The predicted molar refractivity (Wildman–Crippen MR) is 163 cm³/mol. The largest absolute Gasteiger partial charge is 0.483 e. The molecule has 10 nitrogen and oxygen atoms in total. The second kappa shape index (κ2) is 16.8. The third-order valence-electron chi connectivity index (χ3n) is 7.14. The summed E-state index contributed by atoms with van der Waals surface area (Å²) in [5.41, 5.74) is 6.17. The average molecular weight is 553 g/mol. The van der Waals surface area contributed by atoms with Crippen LogP contribution in [0.25, 0.3) is 21.9 Å². The van der Waals surface area contributed by atoms with Crippen LogP contribution in [0.3, 0.4) is 0 Å². The summed E-state index contributed by atoms with van der Waals surface area (Å²) in [5, 5.41) is 25.6. The van der Waals surface area contributed by atoms with Crippen LogP contribution in [0.2, 0.25) is 0 Å². The topological polar surface area (TPSA) is 147 Å². The van der Waals surface area contributed by atoms with Gasteiger partial charge in [0.2, 0.25) is 5.95 Å². The summed E-state index contributed by atoms with van der Waals surface area (Å²) in [6.07, 6.45) is 9.80. The number of benzene rings is 2. The van der Waals surface area contributed by atoms with E-state index in [1.54, 1.807) is 0 Å². The smallest absolute Gasteiger partial charge is 0.290 e. The highest BCUT2D eigenvalue weighted by Crippen LogP contribution is 2.26. The molecule has 0 amide bonds. The number of hydrogen-bond acceptors (Lipinski definition) is 6. The molecule has 1 saturated carbocycles. The number of aryl methyl sites for hydroxylation is 1. The van der Waals surface area contributed by atoms with E-state index >= 15 is 0 Å². The van der Waals surface area contributed by atoms with Crippen molar-refractivity contribution in [2.24, 2.45) is 5.92 Å². The Balaban J connectivity index is 0.000000359. The summed E-state index contributed by atoms with van der Waals surface area (Å²) in [6, 6.07) is 13.0. The van der Waals surface area contributed by atoms with Crippen molar-refractivity contribution < 1.29 is 19.8 Å². The number of aromatic amines is 2. The van der Waals surface area contributed by atoms with E-state index in [0.29, 0.717) is 6.04 Å². The Hall–Kier alpha value is -4.08. The maximum absolute atomic E-state index is 8.36. The van der Waals surface area contributed by atoms with Crippen LogP contribution in [0, 0.1) is 12.8 Å². The van der Waals surface area contributed by atoms with E-state index in [-0.39, 0.29) is 12.9 Å². The highest BCUT2D eigenvalue weighted by atomic mass is 16.3. The molecule has 40 heavy (non-hydrogen) atoms. The van der Waals surface area contributed by atoms with E-state index in [9.17, 15) is 0 Å². The van der Waals surface area contributed by atoms with Gasteiger partial charge in [-0.05, 0) is 62.6 Å². The first-order chi connectivity index (χ1) is 19.3. The zero-order chi connectivity index (χ0) is 29.5. The fourth-order valence-corrected chi connectivity index (χ4v) is 4.81. The zero-order valence-electron chi connectivity index (χ0n) is 24.3. The molecule has 0 radical (unpaired) electrons. The summed E-state index contributed by atoms with van der Waals surface area (Å²) in [6.45, 7) is 8.37. The van der Waals surface area contributed by atoms with E-state index in [4.69, 9.17) is 19.8 Å². The molecule has 1 atom stereocenters. The van der Waals surface area contributed by atoms with E-state index in [1.807, 2.05) is 19.1 Å². The van der Waals surface area contributed by atoms with Gasteiger partial charge < -0.3 is 25.4 Å². The Labute approximate surface area is 236 Å². The Bertz CT molecular complexity index is 1310. The van der Waals surface area contributed by atoms with Crippen LogP contribution in [-0.2, 0) is 9.59 Å². The molecule has 5 N–H and O–H groups in total. The lowest BCUT2D eigenvalue weighted by Gasteiger charge is -2.26. The van der Waals surface area contributed by atoms with E-state index in [1.165, 1.54) is 50.6 Å². The minimum atomic E-state index is -0.250. The molecule has 2 aromatic carbocycles. The number of imidazole rings is 1. The standard InChI is InChI=1S/C21H26N6.C7H14.2CH2O2/c1-5-6-13(2)27(4)16-8-10-18-20(12-16)24-21(23-18)22-15-7-9-17-14(3)25-26-19(17)11-15;1-7-5-3-2-4-6-7;2*2-1-3/h7-13H,5-6H2,1-4H3,(H,25,26)(H2,22,23,24);7H,2-6H2,1H3;2*1H,(H,2,3). The first-order valence-electron chi connectivity index (χ1n) is 13.9. The molecular formula is C30H44N6O4. The van der Waals surface area contributed by atoms with Crippen molar-refractivity contribution in [2.75, 3.05) is 17.3 Å².